The highest BCUT2D eigenvalue weighted by atomic mass is 16.3. The molecule has 0 fully saturated rings. The van der Waals surface area contributed by atoms with Crippen molar-refractivity contribution < 1.29 is 14.7 Å². The maximum Gasteiger partial charge on any atom is 0.290 e. The number of rotatable bonds is 1. The van der Waals surface area contributed by atoms with Gasteiger partial charge >= 0.3 is 0 Å². The fraction of sp³-hybridized carbons (Fsp3) is 0.500. The van der Waals surface area contributed by atoms with E-state index in [1.807, 2.05) is 6.92 Å². The highest BCUT2D eigenvalue weighted by molar-refractivity contribution is 5.92. The monoisotopic (exact) mass is 240 g/mol. The summed E-state index contributed by atoms with van der Waals surface area (Å²) in [7, 11) is 0. The third-order valence-corrected chi connectivity index (χ3v) is 2.59. The highest BCUT2D eigenvalue weighted by Gasteiger charge is 2.24. The zero-order valence-electron chi connectivity index (χ0n) is 9.80. The second kappa shape index (κ2) is 5.44. The first-order chi connectivity index (χ1) is 8.02. The van der Waals surface area contributed by atoms with Crippen molar-refractivity contribution in [3.05, 3.63) is 17.2 Å². The molecule has 2 heterocycles. The predicted octanol–water partition coefficient (Wildman–Crippen LogP) is -0.345. The van der Waals surface area contributed by atoms with Crippen LogP contribution in [0.25, 0.3) is 0 Å². The summed E-state index contributed by atoms with van der Waals surface area (Å²) in [5, 5.41) is 10.1. The number of hydrogen-bond acceptors (Lipinski definition) is 4. The zero-order chi connectivity index (χ0) is 13.0. The van der Waals surface area contributed by atoms with Gasteiger partial charge in [-0.15, -0.1) is 0 Å². The molecule has 1 aliphatic rings. The topological polar surface area (TPSA) is 110 Å². The van der Waals surface area contributed by atoms with E-state index in [2.05, 4.69) is 21.8 Å². The predicted molar refractivity (Wildman–Crippen MR) is 60.6 cm³/mol. The molecule has 0 spiro atoms. The molecule has 7 nitrogen and oxygen atoms in total. The van der Waals surface area contributed by atoms with Gasteiger partial charge < -0.3 is 20.7 Å². The van der Waals surface area contributed by atoms with Crippen LogP contribution in [0.2, 0.25) is 0 Å². The molecular weight excluding hydrogens is 224 g/mol. The molecule has 4 N–H and O–H groups in total. The van der Waals surface area contributed by atoms with Crippen LogP contribution < -0.4 is 11.1 Å². The third-order valence-electron chi connectivity index (χ3n) is 2.59. The van der Waals surface area contributed by atoms with Gasteiger partial charge in [0.2, 0.25) is 0 Å². The smallest absolute Gasteiger partial charge is 0.290 e. The van der Waals surface area contributed by atoms with E-state index in [1.54, 1.807) is 0 Å². The fourth-order valence-electron chi connectivity index (χ4n) is 2.03. The van der Waals surface area contributed by atoms with Gasteiger partial charge in [0.1, 0.15) is 5.82 Å². The first kappa shape index (κ1) is 13.2. The Balaban J connectivity index is 0.000000437. The van der Waals surface area contributed by atoms with E-state index in [-0.39, 0.29) is 6.47 Å². The molecule has 0 radical (unpaired) electrons. The van der Waals surface area contributed by atoms with E-state index in [0.29, 0.717) is 18.3 Å². The van der Waals surface area contributed by atoms with E-state index in [0.717, 1.165) is 18.1 Å². The summed E-state index contributed by atoms with van der Waals surface area (Å²) in [5.41, 5.74) is 6.57. The van der Waals surface area contributed by atoms with Gasteiger partial charge in [0, 0.05) is 19.1 Å². The number of amides is 1. The van der Waals surface area contributed by atoms with Crippen LogP contribution in [0.15, 0.2) is 0 Å². The summed E-state index contributed by atoms with van der Waals surface area (Å²) < 4.78 is 2.08. The van der Waals surface area contributed by atoms with Crippen LogP contribution in [0, 0.1) is 6.92 Å². The molecule has 94 valence electrons. The number of carbonyl (C=O) groups is 2. The molecule has 0 aromatic carbocycles. The Kier molecular flexibility index (Phi) is 4.22. The molecule has 17 heavy (non-hydrogen) atoms. The molecular formula is C10H16N4O3. The maximum atomic E-state index is 11.1. The first-order valence-electron chi connectivity index (χ1n) is 5.19. The minimum atomic E-state index is -0.447. The molecule has 7 heteroatoms. The van der Waals surface area contributed by atoms with Crippen LogP contribution in [0.4, 0.5) is 0 Å². The van der Waals surface area contributed by atoms with E-state index in [9.17, 15) is 4.79 Å². The Morgan fingerprint density at radius 2 is 2.29 bits per heavy atom. The average Bonchev–Trinajstić information content (AvgIpc) is 2.59. The van der Waals surface area contributed by atoms with E-state index < -0.39 is 5.91 Å². The molecule has 1 amide bonds. The largest absolute Gasteiger partial charge is 0.483 e. The van der Waals surface area contributed by atoms with Crippen molar-refractivity contribution in [2.24, 2.45) is 5.73 Å². The van der Waals surface area contributed by atoms with Crippen molar-refractivity contribution in [2.45, 2.75) is 26.4 Å². The third kappa shape index (κ3) is 2.62. The Hall–Kier alpha value is -1.89. The molecule has 0 aliphatic carbocycles. The van der Waals surface area contributed by atoms with Crippen molar-refractivity contribution in [2.75, 3.05) is 6.54 Å². The summed E-state index contributed by atoms with van der Waals surface area (Å²) in [6.45, 7) is 5.32. The van der Waals surface area contributed by atoms with E-state index in [4.69, 9.17) is 15.6 Å². The molecule has 0 bridgehead atoms. The summed E-state index contributed by atoms with van der Waals surface area (Å²) in [5.74, 6) is 0.417. The van der Waals surface area contributed by atoms with E-state index >= 15 is 0 Å². The number of nitrogens with one attached hydrogen (secondary N) is 1. The summed E-state index contributed by atoms with van der Waals surface area (Å²) in [6, 6.07) is 0.333. The van der Waals surface area contributed by atoms with Crippen molar-refractivity contribution in [1.29, 1.82) is 0 Å². The lowest BCUT2D eigenvalue weighted by Gasteiger charge is -2.24. The number of nitrogens with zero attached hydrogens (tertiary/aromatic N) is 2. The van der Waals surface area contributed by atoms with Crippen molar-refractivity contribution in [3.8, 4) is 0 Å². The van der Waals surface area contributed by atoms with Gasteiger partial charge in [-0.25, -0.2) is 4.98 Å². The van der Waals surface area contributed by atoms with Gasteiger partial charge in [0.05, 0.1) is 5.69 Å². The van der Waals surface area contributed by atoms with Crippen LogP contribution in [0.3, 0.4) is 0 Å². The summed E-state index contributed by atoms with van der Waals surface area (Å²) >= 11 is 0. The fourth-order valence-corrected chi connectivity index (χ4v) is 2.03. The molecule has 1 atom stereocenters. The Labute approximate surface area is 98.6 Å². The standard InChI is InChI=1S/C9H14N4O.CH2O2/c1-5-3-11-4-7-8(9(10)14)12-6(2)13(5)7;2-1-3/h5,11H,3-4H2,1-2H3,(H2,10,14);1H,(H,2,3). The first-order valence-corrected chi connectivity index (χ1v) is 5.19. The molecule has 1 aromatic heterocycles. The van der Waals surface area contributed by atoms with Gasteiger partial charge in [-0.1, -0.05) is 0 Å². The Bertz CT molecular complexity index is 427. The average molecular weight is 240 g/mol. The minimum absolute atomic E-state index is 0.250. The molecule has 1 aliphatic heterocycles. The van der Waals surface area contributed by atoms with Crippen LogP contribution in [-0.2, 0) is 11.3 Å². The van der Waals surface area contributed by atoms with Gasteiger partial charge in [-0.05, 0) is 13.8 Å². The lowest BCUT2D eigenvalue weighted by atomic mass is 10.2. The van der Waals surface area contributed by atoms with Crippen molar-refractivity contribution in [3.63, 3.8) is 0 Å². The van der Waals surface area contributed by atoms with Crippen LogP contribution >= 0.6 is 0 Å². The molecule has 2 rings (SSSR count). The number of nitrogens with two attached hydrogens (primary N) is 1. The lowest BCUT2D eigenvalue weighted by molar-refractivity contribution is -0.122. The number of primary amides is 1. The van der Waals surface area contributed by atoms with Gasteiger partial charge in [0.25, 0.3) is 12.4 Å². The Morgan fingerprint density at radius 1 is 1.71 bits per heavy atom. The highest BCUT2D eigenvalue weighted by Crippen LogP contribution is 2.20. The maximum absolute atomic E-state index is 11.1. The number of carbonyl (C=O) groups excluding carboxylic acids is 1. The zero-order valence-corrected chi connectivity index (χ0v) is 9.80. The second-order valence-corrected chi connectivity index (χ2v) is 3.77. The number of hydrogen-bond donors (Lipinski definition) is 3. The molecule has 0 saturated carbocycles. The van der Waals surface area contributed by atoms with Crippen molar-refractivity contribution in [1.82, 2.24) is 14.9 Å². The number of fused-ring (bicyclic) bond motifs is 1. The van der Waals surface area contributed by atoms with Crippen LogP contribution in [0.5, 0.6) is 0 Å². The minimum Gasteiger partial charge on any atom is -0.483 e. The number of aryl methyl sites for hydroxylation is 1. The summed E-state index contributed by atoms with van der Waals surface area (Å²) in [4.78, 5) is 23.7. The van der Waals surface area contributed by atoms with Crippen LogP contribution in [0.1, 0.15) is 35.0 Å². The number of aromatic nitrogens is 2. The van der Waals surface area contributed by atoms with Crippen molar-refractivity contribution >= 4 is 12.4 Å². The van der Waals surface area contributed by atoms with Gasteiger partial charge in [-0.3, -0.25) is 9.59 Å². The lowest BCUT2D eigenvalue weighted by Crippen LogP contribution is -2.33. The quantitative estimate of drug-likeness (QED) is 0.581. The second-order valence-electron chi connectivity index (χ2n) is 3.77. The number of imidazole rings is 1. The molecule has 1 unspecified atom stereocenters. The number of carboxylic acid groups (broad SMARTS) is 1. The van der Waals surface area contributed by atoms with Gasteiger partial charge in [-0.2, -0.15) is 0 Å². The molecule has 0 saturated heterocycles. The van der Waals surface area contributed by atoms with E-state index in [1.165, 1.54) is 0 Å². The van der Waals surface area contributed by atoms with Gasteiger partial charge in [0.15, 0.2) is 5.69 Å². The summed E-state index contributed by atoms with van der Waals surface area (Å²) in [6.07, 6.45) is 0. The SMILES string of the molecule is Cc1nc(C(N)=O)c2n1C(C)CNC2.O=CO. The van der Waals surface area contributed by atoms with Crippen LogP contribution in [-0.4, -0.2) is 33.6 Å². The molecule has 1 aromatic rings. The Morgan fingerprint density at radius 3 is 2.82 bits per heavy atom. The normalized spacial score (nSPS) is 17.6.